The molecule has 0 radical (unpaired) electrons. The molecule has 0 unspecified atom stereocenters. The average Bonchev–Trinajstić information content (AvgIpc) is 2.78. The molecule has 0 aliphatic heterocycles. The number of rotatable bonds is 6. The van der Waals surface area contributed by atoms with Gasteiger partial charge in [-0.25, -0.2) is 9.97 Å². The molecule has 0 spiro atoms. The molecule has 2 heterocycles. The van der Waals surface area contributed by atoms with Crippen LogP contribution in [0.25, 0.3) is 11.0 Å². The molecule has 0 fully saturated rings. The van der Waals surface area contributed by atoms with E-state index in [1.165, 1.54) is 0 Å². The van der Waals surface area contributed by atoms with Crippen LogP contribution in [-0.2, 0) is 16.2 Å². The predicted octanol–water partition coefficient (Wildman–Crippen LogP) is 1.09. The normalized spacial score (nSPS) is 10.9. The highest BCUT2D eigenvalue weighted by Crippen LogP contribution is 2.19. The minimum absolute atomic E-state index is 0.465. The Morgan fingerprint density at radius 3 is 3.00 bits per heavy atom. The molecule has 0 aromatic carbocycles. The molecule has 0 saturated carbocycles. The number of methoxy groups -OCH3 is 1. The molecule has 2 rings (SSSR count). The molecule has 0 atom stereocenters. The fourth-order valence-corrected chi connectivity index (χ4v) is 1.61. The number of nitrogens with zero attached hydrogens (tertiary/aromatic N) is 3. The van der Waals surface area contributed by atoms with Gasteiger partial charge in [-0.05, 0) is 6.07 Å². The van der Waals surface area contributed by atoms with Crippen LogP contribution in [0.2, 0.25) is 0 Å². The number of hydrogen-bond acceptors (Lipinski definition) is 5. The van der Waals surface area contributed by atoms with Gasteiger partial charge >= 0.3 is 0 Å². The number of hydrogen-bond donors (Lipinski definition) is 1. The zero-order chi connectivity index (χ0) is 12.1. The van der Waals surface area contributed by atoms with Gasteiger partial charge in [0.15, 0.2) is 0 Å². The summed E-state index contributed by atoms with van der Waals surface area (Å²) in [4.78, 5) is 8.40. The lowest BCUT2D eigenvalue weighted by atomic mass is 10.4. The Labute approximate surface area is 99.6 Å². The smallest absolute Gasteiger partial charge is 0.147 e. The second-order valence-corrected chi connectivity index (χ2v) is 3.53. The molecular formula is C11H16N4O2. The summed E-state index contributed by atoms with van der Waals surface area (Å²) < 4.78 is 12.3. The number of fused-ring (bicyclic) bond motifs is 1. The predicted molar refractivity (Wildman–Crippen MR) is 64.9 cm³/mol. The van der Waals surface area contributed by atoms with E-state index >= 15 is 0 Å². The van der Waals surface area contributed by atoms with Gasteiger partial charge in [-0.3, -0.25) is 0 Å². The highest BCUT2D eigenvalue weighted by molar-refractivity contribution is 5.87. The molecule has 2 aromatic heterocycles. The Morgan fingerprint density at radius 1 is 1.35 bits per heavy atom. The van der Waals surface area contributed by atoms with Crippen LogP contribution < -0.4 is 5.32 Å². The van der Waals surface area contributed by atoms with Crippen LogP contribution in [-0.4, -0.2) is 41.9 Å². The molecule has 6 heteroatoms. The number of ether oxygens (including phenoxy) is 2. The SMILES string of the molecule is CNc1ncnc2c1ccn2COCCOC. The van der Waals surface area contributed by atoms with Gasteiger partial charge in [0.1, 0.15) is 24.5 Å². The average molecular weight is 236 g/mol. The van der Waals surface area contributed by atoms with Gasteiger partial charge in [0.05, 0.1) is 18.6 Å². The van der Waals surface area contributed by atoms with Gasteiger partial charge in [-0.2, -0.15) is 0 Å². The third-order valence-electron chi connectivity index (χ3n) is 2.46. The van der Waals surface area contributed by atoms with Crippen molar-refractivity contribution < 1.29 is 9.47 Å². The first-order valence-corrected chi connectivity index (χ1v) is 5.41. The summed E-state index contributed by atoms with van der Waals surface area (Å²) >= 11 is 0. The molecule has 1 N–H and O–H groups in total. The van der Waals surface area contributed by atoms with Crippen LogP contribution in [0, 0.1) is 0 Å². The molecule has 92 valence electrons. The maximum absolute atomic E-state index is 5.46. The largest absolute Gasteiger partial charge is 0.382 e. The maximum atomic E-state index is 5.46. The topological polar surface area (TPSA) is 61.2 Å². The van der Waals surface area contributed by atoms with E-state index in [2.05, 4.69) is 15.3 Å². The van der Waals surface area contributed by atoms with Crippen molar-refractivity contribution in [1.29, 1.82) is 0 Å². The van der Waals surface area contributed by atoms with Crippen molar-refractivity contribution >= 4 is 16.9 Å². The van der Waals surface area contributed by atoms with Crippen LogP contribution in [0.15, 0.2) is 18.6 Å². The van der Waals surface area contributed by atoms with Crippen molar-refractivity contribution in [3.05, 3.63) is 18.6 Å². The summed E-state index contributed by atoms with van der Waals surface area (Å²) in [7, 11) is 3.50. The van der Waals surface area contributed by atoms with Gasteiger partial charge in [0.25, 0.3) is 0 Å². The van der Waals surface area contributed by atoms with Gasteiger partial charge in [0, 0.05) is 20.4 Å². The Morgan fingerprint density at radius 2 is 2.24 bits per heavy atom. The standard InChI is InChI=1S/C11H16N4O2/c1-12-10-9-3-4-15(8-17-6-5-16-2)11(9)14-7-13-10/h3-4,7H,5-6,8H2,1-2H3,(H,12,13,14). The van der Waals surface area contributed by atoms with Crippen LogP contribution in [0.3, 0.4) is 0 Å². The number of aromatic nitrogens is 3. The third-order valence-corrected chi connectivity index (χ3v) is 2.46. The molecule has 17 heavy (non-hydrogen) atoms. The van der Waals surface area contributed by atoms with Crippen LogP contribution in [0.5, 0.6) is 0 Å². The van der Waals surface area contributed by atoms with E-state index in [1.54, 1.807) is 13.4 Å². The third kappa shape index (κ3) is 2.54. The van der Waals surface area contributed by atoms with Gasteiger partial charge in [-0.15, -0.1) is 0 Å². The summed E-state index contributed by atoms with van der Waals surface area (Å²) in [5.41, 5.74) is 0.863. The zero-order valence-corrected chi connectivity index (χ0v) is 10.0. The molecule has 0 aliphatic carbocycles. The summed E-state index contributed by atoms with van der Waals surface area (Å²) in [5, 5.41) is 4.03. The van der Waals surface area contributed by atoms with Crippen molar-refractivity contribution in [2.24, 2.45) is 0 Å². The highest BCUT2D eigenvalue weighted by atomic mass is 16.5. The zero-order valence-electron chi connectivity index (χ0n) is 10.0. The van der Waals surface area contributed by atoms with Gasteiger partial charge in [0.2, 0.25) is 0 Å². The van der Waals surface area contributed by atoms with Gasteiger partial charge in [-0.1, -0.05) is 0 Å². The van der Waals surface area contributed by atoms with E-state index in [1.807, 2.05) is 23.9 Å². The first-order valence-electron chi connectivity index (χ1n) is 5.41. The minimum atomic E-state index is 0.465. The molecular weight excluding hydrogens is 220 g/mol. The van der Waals surface area contributed by atoms with E-state index in [-0.39, 0.29) is 0 Å². The summed E-state index contributed by atoms with van der Waals surface area (Å²) in [6.45, 7) is 1.63. The van der Waals surface area contributed by atoms with Crippen LogP contribution >= 0.6 is 0 Å². The monoisotopic (exact) mass is 236 g/mol. The molecule has 0 bridgehead atoms. The van der Waals surface area contributed by atoms with Crippen LogP contribution in [0.1, 0.15) is 0 Å². The lowest BCUT2D eigenvalue weighted by Gasteiger charge is -2.06. The lowest BCUT2D eigenvalue weighted by molar-refractivity contribution is 0.0358. The first kappa shape index (κ1) is 11.8. The second-order valence-electron chi connectivity index (χ2n) is 3.53. The van der Waals surface area contributed by atoms with E-state index in [4.69, 9.17) is 9.47 Å². The Balaban J connectivity index is 2.13. The van der Waals surface area contributed by atoms with E-state index < -0.39 is 0 Å². The summed E-state index contributed by atoms with van der Waals surface area (Å²) in [6, 6.07) is 1.97. The van der Waals surface area contributed by atoms with Crippen molar-refractivity contribution in [3.63, 3.8) is 0 Å². The Bertz CT molecular complexity index is 483. The molecule has 0 amide bonds. The fourth-order valence-electron chi connectivity index (χ4n) is 1.61. The van der Waals surface area contributed by atoms with Gasteiger partial charge < -0.3 is 19.4 Å². The highest BCUT2D eigenvalue weighted by Gasteiger charge is 2.06. The van der Waals surface area contributed by atoms with Crippen molar-refractivity contribution in [3.8, 4) is 0 Å². The first-order chi connectivity index (χ1) is 8.36. The van der Waals surface area contributed by atoms with Crippen molar-refractivity contribution in [2.75, 3.05) is 32.7 Å². The maximum Gasteiger partial charge on any atom is 0.147 e. The van der Waals surface area contributed by atoms with E-state index in [0.29, 0.717) is 19.9 Å². The minimum Gasteiger partial charge on any atom is -0.382 e. The van der Waals surface area contributed by atoms with Crippen molar-refractivity contribution in [1.82, 2.24) is 14.5 Å². The van der Waals surface area contributed by atoms with E-state index in [9.17, 15) is 0 Å². The lowest BCUT2D eigenvalue weighted by Crippen LogP contribution is -2.07. The molecule has 2 aromatic rings. The summed E-state index contributed by atoms with van der Waals surface area (Å²) in [5.74, 6) is 0.825. The van der Waals surface area contributed by atoms with Crippen molar-refractivity contribution in [2.45, 2.75) is 6.73 Å². The summed E-state index contributed by atoms with van der Waals surface area (Å²) in [6.07, 6.45) is 3.48. The molecule has 0 saturated heterocycles. The number of anilines is 1. The van der Waals surface area contributed by atoms with E-state index in [0.717, 1.165) is 16.9 Å². The van der Waals surface area contributed by atoms with Crippen LogP contribution in [0.4, 0.5) is 5.82 Å². The molecule has 6 nitrogen and oxygen atoms in total. The number of nitrogens with one attached hydrogen (secondary N) is 1. The Hall–Kier alpha value is -1.66. The molecule has 0 aliphatic rings. The fraction of sp³-hybridized carbons (Fsp3) is 0.455. The Kier molecular flexibility index (Phi) is 3.89. The second kappa shape index (κ2) is 5.60. The quantitative estimate of drug-likeness (QED) is 0.761.